The number of carbonyl (C=O) groups is 1. The van der Waals surface area contributed by atoms with Gasteiger partial charge in [-0.2, -0.15) is 0 Å². The Bertz CT molecular complexity index is 1200. The van der Waals surface area contributed by atoms with Crippen LogP contribution in [-0.2, 0) is 10.5 Å². The zero-order valence-corrected chi connectivity index (χ0v) is 20.0. The minimum Gasteiger partial charge on any atom is -0.273 e. The summed E-state index contributed by atoms with van der Waals surface area (Å²) in [7, 11) is 0. The van der Waals surface area contributed by atoms with Crippen LogP contribution in [0.15, 0.2) is 72.4 Å². The molecule has 0 unspecified atom stereocenters. The maximum Gasteiger partial charge on any atom is 0.243 e. The summed E-state index contributed by atoms with van der Waals surface area (Å²) in [6.45, 7) is 6.15. The second kappa shape index (κ2) is 10.1. The first-order chi connectivity index (χ1) is 15.5. The predicted octanol–water partition coefficient (Wildman–Crippen LogP) is 6.73. The summed E-state index contributed by atoms with van der Waals surface area (Å²) in [5, 5.41) is 2.72. The number of thioether (sulfide) groups is 1. The van der Waals surface area contributed by atoms with Crippen molar-refractivity contribution in [2.75, 3.05) is 10.7 Å². The van der Waals surface area contributed by atoms with Crippen LogP contribution in [0.4, 0.5) is 10.8 Å². The summed E-state index contributed by atoms with van der Waals surface area (Å²) in [6.07, 6.45) is 3.60. The molecule has 0 spiro atoms. The quantitative estimate of drug-likeness (QED) is 0.307. The van der Waals surface area contributed by atoms with Crippen molar-refractivity contribution in [3.63, 3.8) is 0 Å². The highest BCUT2D eigenvalue weighted by Gasteiger charge is 2.23. The standard InChI is InChI=1S/C26H25N3OS2/c1-18-7-10-22(11-8-18)23-16-32-26(28-23)29(24-13-19(2)6-9-20(24)3)25(30)17-31-15-21-5-4-12-27-14-21/h4-14,16H,15,17H2,1-3H3. The third-order valence-electron chi connectivity index (χ3n) is 5.10. The molecule has 2 aromatic carbocycles. The van der Waals surface area contributed by atoms with Crippen LogP contribution in [0.25, 0.3) is 11.3 Å². The van der Waals surface area contributed by atoms with E-state index in [0.717, 1.165) is 39.4 Å². The Morgan fingerprint density at radius 1 is 1.03 bits per heavy atom. The third-order valence-corrected chi connectivity index (χ3v) is 6.92. The van der Waals surface area contributed by atoms with Gasteiger partial charge in [-0.15, -0.1) is 23.1 Å². The highest BCUT2D eigenvalue weighted by molar-refractivity contribution is 7.99. The molecule has 2 aromatic heterocycles. The van der Waals surface area contributed by atoms with Gasteiger partial charge in [-0.25, -0.2) is 4.98 Å². The molecule has 4 aromatic rings. The lowest BCUT2D eigenvalue weighted by molar-refractivity contribution is -0.115. The van der Waals surface area contributed by atoms with Crippen molar-refractivity contribution in [3.05, 3.63) is 94.6 Å². The Morgan fingerprint density at radius 2 is 1.81 bits per heavy atom. The second-order valence-electron chi connectivity index (χ2n) is 7.75. The van der Waals surface area contributed by atoms with Crippen LogP contribution in [0, 0.1) is 20.8 Å². The van der Waals surface area contributed by atoms with Crippen molar-refractivity contribution in [1.82, 2.24) is 9.97 Å². The Morgan fingerprint density at radius 3 is 2.56 bits per heavy atom. The van der Waals surface area contributed by atoms with Gasteiger partial charge in [0.05, 0.1) is 17.1 Å². The van der Waals surface area contributed by atoms with E-state index >= 15 is 0 Å². The van der Waals surface area contributed by atoms with Gasteiger partial charge in [0.15, 0.2) is 5.13 Å². The molecule has 0 saturated heterocycles. The lowest BCUT2D eigenvalue weighted by atomic mass is 10.1. The molecule has 0 aliphatic heterocycles. The number of aryl methyl sites for hydroxylation is 3. The van der Waals surface area contributed by atoms with E-state index in [1.165, 1.54) is 16.9 Å². The lowest BCUT2D eigenvalue weighted by Crippen LogP contribution is -2.28. The molecule has 6 heteroatoms. The van der Waals surface area contributed by atoms with Gasteiger partial charge >= 0.3 is 0 Å². The van der Waals surface area contributed by atoms with Gasteiger partial charge in [0.2, 0.25) is 5.91 Å². The normalized spacial score (nSPS) is 10.8. The first-order valence-electron chi connectivity index (χ1n) is 10.4. The highest BCUT2D eigenvalue weighted by atomic mass is 32.2. The molecule has 0 bridgehead atoms. The van der Waals surface area contributed by atoms with E-state index in [0.29, 0.717) is 10.9 Å². The minimum atomic E-state index is 0.0254. The van der Waals surface area contributed by atoms with Gasteiger partial charge < -0.3 is 0 Å². The molecule has 1 amide bonds. The molecule has 0 N–H and O–H groups in total. The molecule has 0 radical (unpaired) electrons. The first kappa shape index (κ1) is 22.2. The summed E-state index contributed by atoms with van der Waals surface area (Å²) in [4.78, 5) is 24.2. The average molecular weight is 460 g/mol. The van der Waals surface area contributed by atoms with Crippen LogP contribution >= 0.6 is 23.1 Å². The van der Waals surface area contributed by atoms with Gasteiger partial charge in [-0.05, 0) is 49.6 Å². The van der Waals surface area contributed by atoms with Crippen LogP contribution in [0.3, 0.4) is 0 Å². The van der Waals surface area contributed by atoms with E-state index in [-0.39, 0.29) is 5.91 Å². The molecule has 0 saturated carbocycles. The van der Waals surface area contributed by atoms with Crippen molar-refractivity contribution in [1.29, 1.82) is 0 Å². The molecule has 2 heterocycles. The van der Waals surface area contributed by atoms with E-state index < -0.39 is 0 Å². The van der Waals surface area contributed by atoms with Crippen molar-refractivity contribution < 1.29 is 4.79 Å². The number of hydrogen-bond acceptors (Lipinski definition) is 5. The number of benzene rings is 2. The van der Waals surface area contributed by atoms with Crippen LogP contribution in [0.2, 0.25) is 0 Å². The van der Waals surface area contributed by atoms with Crippen molar-refractivity contribution in [3.8, 4) is 11.3 Å². The van der Waals surface area contributed by atoms with E-state index in [1.807, 2.05) is 37.6 Å². The van der Waals surface area contributed by atoms with Crippen LogP contribution in [0.1, 0.15) is 22.3 Å². The monoisotopic (exact) mass is 459 g/mol. The average Bonchev–Trinajstić information content (AvgIpc) is 3.27. The summed E-state index contributed by atoms with van der Waals surface area (Å²) in [6, 6.07) is 18.4. The SMILES string of the molecule is Cc1ccc(-c2csc(N(C(=O)CSCc3cccnc3)c3cc(C)ccc3C)n2)cc1. The molecule has 32 heavy (non-hydrogen) atoms. The van der Waals surface area contributed by atoms with Crippen LogP contribution in [0.5, 0.6) is 0 Å². The Hall–Kier alpha value is -2.96. The molecule has 4 rings (SSSR count). The van der Waals surface area contributed by atoms with Crippen molar-refractivity contribution in [2.45, 2.75) is 26.5 Å². The van der Waals surface area contributed by atoms with E-state index in [4.69, 9.17) is 4.98 Å². The first-order valence-corrected chi connectivity index (χ1v) is 12.4. The number of nitrogens with zero attached hydrogens (tertiary/aromatic N) is 3. The highest BCUT2D eigenvalue weighted by Crippen LogP contribution is 2.35. The Kier molecular flexibility index (Phi) is 7.02. The van der Waals surface area contributed by atoms with Gasteiger partial charge in [-0.3, -0.25) is 14.7 Å². The number of thiazole rings is 1. The molecular weight excluding hydrogens is 434 g/mol. The van der Waals surface area contributed by atoms with Crippen molar-refractivity contribution >= 4 is 39.8 Å². The van der Waals surface area contributed by atoms with E-state index in [9.17, 15) is 4.79 Å². The predicted molar refractivity (Wildman–Crippen MR) is 136 cm³/mol. The minimum absolute atomic E-state index is 0.0254. The van der Waals surface area contributed by atoms with E-state index in [1.54, 1.807) is 22.9 Å². The fourth-order valence-electron chi connectivity index (χ4n) is 3.33. The third kappa shape index (κ3) is 5.26. The molecular formula is C26H25N3OS2. The van der Waals surface area contributed by atoms with Crippen molar-refractivity contribution in [2.24, 2.45) is 0 Å². The topological polar surface area (TPSA) is 46.1 Å². The number of pyridine rings is 1. The van der Waals surface area contributed by atoms with Gasteiger partial charge in [0, 0.05) is 29.1 Å². The number of amides is 1. The fraction of sp³-hybridized carbons (Fsp3) is 0.192. The van der Waals surface area contributed by atoms with Crippen LogP contribution in [-0.4, -0.2) is 21.6 Å². The molecule has 4 nitrogen and oxygen atoms in total. The van der Waals surface area contributed by atoms with Crippen LogP contribution < -0.4 is 4.90 Å². The number of rotatable bonds is 7. The fourth-order valence-corrected chi connectivity index (χ4v) is 5.01. The van der Waals surface area contributed by atoms with Gasteiger partial charge in [-0.1, -0.05) is 48.0 Å². The Balaban J connectivity index is 1.61. The Labute approximate surface area is 197 Å². The molecule has 0 aliphatic carbocycles. The molecule has 0 atom stereocenters. The summed E-state index contributed by atoms with van der Waals surface area (Å²) >= 11 is 3.09. The zero-order valence-electron chi connectivity index (χ0n) is 18.4. The molecule has 162 valence electrons. The second-order valence-corrected chi connectivity index (χ2v) is 9.58. The maximum atomic E-state index is 13.4. The van der Waals surface area contributed by atoms with Gasteiger partial charge in [0.1, 0.15) is 0 Å². The summed E-state index contributed by atoms with van der Waals surface area (Å²) < 4.78 is 0. The lowest BCUT2D eigenvalue weighted by Gasteiger charge is -2.22. The number of anilines is 2. The summed E-state index contributed by atoms with van der Waals surface area (Å²) in [5.41, 5.74) is 7.31. The summed E-state index contributed by atoms with van der Waals surface area (Å²) in [5.74, 6) is 1.13. The molecule has 0 fully saturated rings. The molecule has 0 aliphatic rings. The van der Waals surface area contributed by atoms with Gasteiger partial charge in [0.25, 0.3) is 0 Å². The maximum absolute atomic E-state index is 13.4. The number of hydrogen-bond donors (Lipinski definition) is 0. The number of carbonyl (C=O) groups excluding carboxylic acids is 1. The largest absolute Gasteiger partial charge is 0.273 e. The zero-order chi connectivity index (χ0) is 22.5. The smallest absolute Gasteiger partial charge is 0.243 e. The number of aromatic nitrogens is 2. The van der Waals surface area contributed by atoms with E-state index in [2.05, 4.69) is 54.4 Å².